The second-order valence-electron chi connectivity index (χ2n) is 6.64. The lowest BCUT2D eigenvalue weighted by molar-refractivity contribution is -0.926. The lowest BCUT2D eigenvalue weighted by Crippen LogP contribution is -3.18. The van der Waals surface area contributed by atoms with Gasteiger partial charge < -0.3 is 19.7 Å². The fourth-order valence-corrected chi connectivity index (χ4v) is 4.05. The van der Waals surface area contributed by atoms with Gasteiger partial charge in [0, 0.05) is 11.3 Å². The minimum atomic E-state index is -1.07. The Morgan fingerprint density at radius 1 is 1.05 bits per heavy atom. The van der Waals surface area contributed by atoms with E-state index in [0.29, 0.717) is 5.56 Å². The molecule has 1 aromatic carbocycles. The number of nitrogens with one attached hydrogen (secondary N) is 1. The molecule has 1 aliphatic heterocycles. The predicted molar refractivity (Wildman–Crippen MR) is 85.2 cm³/mol. The first-order chi connectivity index (χ1) is 10.8. The van der Waals surface area contributed by atoms with Crippen LogP contribution in [0.2, 0.25) is 0 Å². The van der Waals surface area contributed by atoms with Gasteiger partial charge in [-0.2, -0.15) is 0 Å². The third-order valence-electron chi connectivity index (χ3n) is 5.30. The molecule has 0 radical (unpaired) electrons. The van der Waals surface area contributed by atoms with Crippen LogP contribution in [0.5, 0.6) is 0 Å². The van der Waals surface area contributed by atoms with Crippen molar-refractivity contribution in [2.45, 2.75) is 44.6 Å². The van der Waals surface area contributed by atoms with Crippen LogP contribution in [-0.2, 0) is 0 Å². The molecule has 4 nitrogen and oxygen atoms in total. The van der Waals surface area contributed by atoms with E-state index in [2.05, 4.69) is 4.90 Å². The van der Waals surface area contributed by atoms with Crippen LogP contribution >= 0.6 is 0 Å². The van der Waals surface area contributed by atoms with Gasteiger partial charge in [0.1, 0.15) is 0 Å². The van der Waals surface area contributed by atoms with Gasteiger partial charge >= 0.3 is 0 Å². The number of aromatic carboxylic acids is 1. The number of hydrogen-bond acceptors (Lipinski definition) is 3. The van der Waals surface area contributed by atoms with Gasteiger partial charge in [-0.25, -0.2) is 0 Å². The minimum Gasteiger partial charge on any atom is -0.545 e. The van der Waals surface area contributed by atoms with E-state index in [4.69, 9.17) is 0 Å². The number of benzene rings is 1. The zero-order chi connectivity index (χ0) is 15.4. The minimum absolute atomic E-state index is 0.320. The lowest BCUT2D eigenvalue weighted by Gasteiger charge is -2.38. The number of anilines is 1. The maximum absolute atomic E-state index is 11.3. The number of rotatable bonds is 3. The first-order valence-corrected chi connectivity index (χ1v) is 8.65. The quantitative estimate of drug-likeness (QED) is 0.826. The number of carbonyl (C=O) groups excluding carboxylic acids is 1. The Morgan fingerprint density at radius 3 is 2.32 bits per heavy atom. The number of carboxylic acids is 1. The third kappa shape index (κ3) is 3.43. The van der Waals surface area contributed by atoms with Gasteiger partial charge in [0.2, 0.25) is 0 Å². The summed E-state index contributed by atoms with van der Waals surface area (Å²) >= 11 is 0. The van der Waals surface area contributed by atoms with Crippen LogP contribution in [0.1, 0.15) is 48.9 Å². The molecule has 0 spiro atoms. The van der Waals surface area contributed by atoms with E-state index in [9.17, 15) is 9.90 Å². The average Bonchev–Trinajstić information content (AvgIpc) is 2.84. The molecule has 4 heteroatoms. The van der Waals surface area contributed by atoms with Gasteiger partial charge in [-0.15, -0.1) is 0 Å². The Morgan fingerprint density at radius 2 is 1.68 bits per heavy atom. The van der Waals surface area contributed by atoms with Crippen molar-refractivity contribution in [1.82, 2.24) is 0 Å². The number of carbonyl (C=O) groups is 1. The number of carboxylic acid groups (broad SMARTS) is 1. The highest BCUT2D eigenvalue weighted by atomic mass is 16.4. The molecule has 1 aliphatic carbocycles. The van der Waals surface area contributed by atoms with E-state index in [1.165, 1.54) is 38.5 Å². The van der Waals surface area contributed by atoms with Crippen molar-refractivity contribution in [2.24, 2.45) is 0 Å². The molecule has 2 fully saturated rings. The standard InChI is InChI=1S/C18H26N2O2/c21-18(22)16-9-5-6-10-17(16)20-13-11-19(12-14-20)15-7-3-1-2-4-8-15/h5-6,9-10,15H,1-4,7-8,11-14H2,(H,21,22). The number of piperazine rings is 1. The Labute approximate surface area is 132 Å². The third-order valence-corrected chi connectivity index (χ3v) is 5.30. The summed E-state index contributed by atoms with van der Waals surface area (Å²) in [5.41, 5.74) is 1.14. The van der Waals surface area contributed by atoms with Crippen molar-refractivity contribution >= 4 is 11.7 Å². The molecule has 1 aromatic rings. The molecule has 22 heavy (non-hydrogen) atoms. The topological polar surface area (TPSA) is 47.8 Å². The van der Waals surface area contributed by atoms with Gasteiger partial charge in [-0.3, -0.25) is 0 Å². The number of para-hydroxylation sites is 1. The summed E-state index contributed by atoms with van der Waals surface area (Å²) in [6.07, 6.45) is 8.29. The van der Waals surface area contributed by atoms with Crippen LogP contribution in [0, 0.1) is 0 Å². The normalized spacial score (nSPS) is 21.5. The molecule has 0 amide bonds. The molecule has 2 aliphatic rings. The summed E-state index contributed by atoms with van der Waals surface area (Å²) in [5.74, 6) is -1.07. The summed E-state index contributed by atoms with van der Waals surface area (Å²) in [6, 6.07) is 8.05. The van der Waals surface area contributed by atoms with Crippen molar-refractivity contribution in [2.75, 3.05) is 31.1 Å². The van der Waals surface area contributed by atoms with Gasteiger partial charge in [0.05, 0.1) is 38.2 Å². The van der Waals surface area contributed by atoms with E-state index >= 15 is 0 Å². The summed E-state index contributed by atoms with van der Waals surface area (Å²) < 4.78 is 0. The summed E-state index contributed by atoms with van der Waals surface area (Å²) in [6.45, 7) is 4.12. The van der Waals surface area contributed by atoms with Crippen molar-refractivity contribution in [3.8, 4) is 0 Å². The SMILES string of the molecule is O=C([O-])c1ccccc1N1CC[NH+](C2CCCCCC2)CC1. The monoisotopic (exact) mass is 302 g/mol. The molecule has 1 saturated heterocycles. The zero-order valence-corrected chi connectivity index (χ0v) is 13.2. The highest BCUT2D eigenvalue weighted by molar-refractivity contribution is 5.93. The first kappa shape index (κ1) is 15.3. The zero-order valence-electron chi connectivity index (χ0n) is 13.2. The fraction of sp³-hybridized carbons (Fsp3) is 0.611. The molecule has 0 bridgehead atoms. The first-order valence-electron chi connectivity index (χ1n) is 8.65. The predicted octanol–water partition coefficient (Wildman–Crippen LogP) is 0.478. The number of nitrogens with zero attached hydrogens (tertiary/aromatic N) is 1. The van der Waals surface area contributed by atoms with Crippen molar-refractivity contribution < 1.29 is 14.8 Å². The molecule has 0 unspecified atom stereocenters. The van der Waals surface area contributed by atoms with Crippen LogP contribution < -0.4 is 14.9 Å². The molecular weight excluding hydrogens is 276 g/mol. The van der Waals surface area contributed by atoms with Crippen LogP contribution in [0.3, 0.4) is 0 Å². The van der Waals surface area contributed by atoms with Crippen LogP contribution in [0.15, 0.2) is 24.3 Å². The fourth-order valence-electron chi connectivity index (χ4n) is 4.05. The van der Waals surface area contributed by atoms with Gasteiger partial charge in [0.25, 0.3) is 0 Å². The highest BCUT2D eigenvalue weighted by Gasteiger charge is 2.28. The molecule has 0 atom stereocenters. The van der Waals surface area contributed by atoms with Crippen molar-refractivity contribution in [3.05, 3.63) is 29.8 Å². The van der Waals surface area contributed by atoms with Crippen LogP contribution in [0.4, 0.5) is 5.69 Å². The van der Waals surface area contributed by atoms with Gasteiger partial charge in [0.15, 0.2) is 0 Å². The Kier molecular flexibility index (Phi) is 4.98. The van der Waals surface area contributed by atoms with E-state index in [0.717, 1.165) is 37.9 Å². The second kappa shape index (κ2) is 7.14. The smallest absolute Gasteiger partial charge is 0.0951 e. The van der Waals surface area contributed by atoms with Crippen molar-refractivity contribution in [3.63, 3.8) is 0 Å². The maximum atomic E-state index is 11.3. The maximum Gasteiger partial charge on any atom is 0.0951 e. The molecule has 1 saturated carbocycles. The van der Waals surface area contributed by atoms with Gasteiger partial charge in [-0.1, -0.05) is 31.0 Å². The van der Waals surface area contributed by atoms with Gasteiger partial charge in [-0.05, 0) is 31.7 Å². The van der Waals surface area contributed by atoms with Crippen LogP contribution in [-0.4, -0.2) is 38.2 Å². The largest absolute Gasteiger partial charge is 0.545 e. The number of quaternary nitrogens is 1. The highest BCUT2D eigenvalue weighted by Crippen LogP contribution is 2.20. The molecule has 120 valence electrons. The van der Waals surface area contributed by atoms with E-state index in [1.54, 1.807) is 17.0 Å². The second-order valence-corrected chi connectivity index (χ2v) is 6.64. The van der Waals surface area contributed by atoms with E-state index in [-0.39, 0.29) is 0 Å². The molecular formula is C18H26N2O2. The molecule has 3 rings (SSSR count). The van der Waals surface area contributed by atoms with E-state index in [1.807, 2.05) is 12.1 Å². The number of hydrogen-bond donors (Lipinski definition) is 1. The molecule has 0 aromatic heterocycles. The summed E-state index contributed by atoms with van der Waals surface area (Å²) in [5, 5.41) is 11.3. The molecule has 1 heterocycles. The summed E-state index contributed by atoms with van der Waals surface area (Å²) in [7, 11) is 0. The Bertz CT molecular complexity index is 502. The Balaban J connectivity index is 1.63. The van der Waals surface area contributed by atoms with Crippen LogP contribution in [0.25, 0.3) is 0 Å². The average molecular weight is 302 g/mol. The lowest BCUT2D eigenvalue weighted by atomic mass is 10.1. The molecule has 1 N–H and O–H groups in total. The Hall–Kier alpha value is -1.55. The van der Waals surface area contributed by atoms with E-state index < -0.39 is 5.97 Å². The van der Waals surface area contributed by atoms with Crippen molar-refractivity contribution in [1.29, 1.82) is 0 Å². The summed E-state index contributed by atoms with van der Waals surface area (Å²) in [4.78, 5) is 15.2.